The number of carbonyl (C=O) groups is 2. The predicted molar refractivity (Wildman–Crippen MR) is 73.2 cm³/mol. The van der Waals surface area contributed by atoms with Gasteiger partial charge >= 0.3 is 0 Å². The fourth-order valence-electron chi connectivity index (χ4n) is 1.81. The van der Waals surface area contributed by atoms with Gasteiger partial charge in [0.2, 0.25) is 11.8 Å². The third kappa shape index (κ3) is 3.57. The fraction of sp³-hybridized carbons (Fsp3) is 0.385. The largest absolute Gasteiger partial charge is 0.331 e. The zero-order chi connectivity index (χ0) is 13.1. The summed E-state index contributed by atoms with van der Waals surface area (Å²) >= 11 is 3.34. The Hall–Kier alpha value is -1.36. The smallest absolute Gasteiger partial charge is 0.244 e. The van der Waals surface area contributed by atoms with Crippen molar-refractivity contribution in [1.29, 1.82) is 0 Å². The lowest BCUT2D eigenvalue weighted by atomic mass is 10.3. The first-order valence-corrected chi connectivity index (χ1v) is 6.68. The van der Waals surface area contributed by atoms with Crippen LogP contribution in [0, 0.1) is 0 Å². The topological polar surface area (TPSA) is 49.4 Å². The van der Waals surface area contributed by atoms with E-state index in [1.165, 1.54) is 6.92 Å². The van der Waals surface area contributed by atoms with Crippen molar-refractivity contribution < 1.29 is 9.59 Å². The lowest BCUT2D eigenvalue weighted by Gasteiger charge is -2.19. The standard InChI is InChI=1S/C13H15BrN2O2/c1-9(17)16(12-5-6-12)8-13(18)15-11-4-2-3-10(14)7-11/h2-4,7,12H,5-6,8H2,1H3,(H,15,18). The third-order valence-corrected chi connectivity index (χ3v) is 3.31. The van der Waals surface area contributed by atoms with Gasteiger partial charge in [0, 0.05) is 23.1 Å². The molecular weight excluding hydrogens is 296 g/mol. The van der Waals surface area contributed by atoms with Gasteiger partial charge in [-0.1, -0.05) is 22.0 Å². The van der Waals surface area contributed by atoms with E-state index >= 15 is 0 Å². The monoisotopic (exact) mass is 310 g/mol. The summed E-state index contributed by atoms with van der Waals surface area (Å²) in [6.07, 6.45) is 2.01. The van der Waals surface area contributed by atoms with Crippen LogP contribution in [0.25, 0.3) is 0 Å². The number of benzene rings is 1. The van der Waals surface area contributed by atoms with Crippen LogP contribution in [0.5, 0.6) is 0 Å². The van der Waals surface area contributed by atoms with E-state index in [1.54, 1.807) is 4.90 Å². The van der Waals surface area contributed by atoms with Crippen molar-refractivity contribution >= 4 is 33.4 Å². The summed E-state index contributed by atoms with van der Waals surface area (Å²) in [5.41, 5.74) is 0.730. The molecule has 1 aliphatic rings. The minimum atomic E-state index is -0.157. The average Bonchev–Trinajstić information content (AvgIpc) is 3.09. The van der Waals surface area contributed by atoms with Crippen LogP contribution in [0.1, 0.15) is 19.8 Å². The Morgan fingerprint density at radius 2 is 2.17 bits per heavy atom. The second kappa shape index (κ2) is 5.52. The van der Waals surface area contributed by atoms with Gasteiger partial charge in [0.25, 0.3) is 0 Å². The van der Waals surface area contributed by atoms with Crippen molar-refractivity contribution in [2.45, 2.75) is 25.8 Å². The highest BCUT2D eigenvalue weighted by Crippen LogP contribution is 2.26. The van der Waals surface area contributed by atoms with Gasteiger partial charge in [-0.25, -0.2) is 0 Å². The molecule has 0 radical (unpaired) electrons. The highest BCUT2D eigenvalue weighted by Gasteiger charge is 2.31. The summed E-state index contributed by atoms with van der Waals surface area (Å²) < 4.78 is 0.908. The molecule has 4 nitrogen and oxygen atoms in total. The van der Waals surface area contributed by atoms with Crippen LogP contribution in [0.15, 0.2) is 28.7 Å². The molecule has 0 bridgehead atoms. The number of halogens is 1. The summed E-state index contributed by atoms with van der Waals surface area (Å²) in [6.45, 7) is 1.64. The SMILES string of the molecule is CC(=O)N(CC(=O)Nc1cccc(Br)c1)C1CC1. The molecule has 0 aliphatic heterocycles. The molecule has 1 N–H and O–H groups in total. The highest BCUT2D eigenvalue weighted by molar-refractivity contribution is 9.10. The van der Waals surface area contributed by atoms with Gasteiger partial charge in [-0.2, -0.15) is 0 Å². The van der Waals surface area contributed by atoms with Gasteiger partial charge in [0.15, 0.2) is 0 Å². The van der Waals surface area contributed by atoms with E-state index in [1.807, 2.05) is 24.3 Å². The summed E-state index contributed by atoms with van der Waals surface area (Å²) in [7, 11) is 0. The molecule has 0 heterocycles. The molecule has 1 aromatic carbocycles. The number of anilines is 1. The lowest BCUT2D eigenvalue weighted by molar-refractivity contribution is -0.133. The van der Waals surface area contributed by atoms with Crippen molar-refractivity contribution in [2.75, 3.05) is 11.9 Å². The molecule has 0 atom stereocenters. The molecule has 2 rings (SSSR count). The Balaban J connectivity index is 1.93. The predicted octanol–water partition coefficient (Wildman–Crippen LogP) is 2.40. The first-order chi connectivity index (χ1) is 8.56. The van der Waals surface area contributed by atoms with Crippen LogP contribution < -0.4 is 5.32 Å². The molecular formula is C13H15BrN2O2. The van der Waals surface area contributed by atoms with Crippen LogP contribution >= 0.6 is 15.9 Å². The zero-order valence-corrected chi connectivity index (χ0v) is 11.7. The van der Waals surface area contributed by atoms with Gasteiger partial charge in [-0.15, -0.1) is 0 Å². The summed E-state index contributed by atoms with van der Waals surface area (Å²) in [5.74, 6) is -0.197. The van der Waals surface area contributed by atoms with E-state index in [2.05, 4.69) is 21.2 Å². The van der Waals surface area contributed by atoms with Crippen LogP contribution in [0.4, 0.5) is 5.69 Å². The van der Waals surface area contributed by atoms with Gasteiger partial charge in [-0.3, -0.25) is 9.59 Å². The minimum absolute atomic E-state index is 0.0399. The molecule has 0 spiro atoms. The summed E-state index contributed by atoms with van der Waals surface area (Å²) in [4.78, 5) is 24.9. The number of hydrogen-bond donors (Lipinski definition) is 1. The van der Waals surface area contributed by atoms with Gasteiger partial charge in [-0.05, 0) is 31.0 Å². The molecule has 1 fully saturated rings. The second-order valence-corrected chi connectivity index (χ2v) is 5.35. The Morgan fingerprint density at radius 3 is 2.72 bits per heavy atom. The van der Waals surface area contributed by atoms with Crippen LogP contribution in [-0.2, 0) is 9.59 Å². The van der Waals surface area contributed by atoms with Crippen molar-refractivity contribution in [3.8, 4) is 0 Å². The lowest BCUT2D eigenvalue weighted by Crippen LogP contribution is -2.38. The first kappa shape index (κ1) is 13.1. The molecule has 0 saturated heterocycles. The molecule has 2 amide bonds. The number of nitrogens with zero attached hydrogens (tertiary/aromatic N) is 1. The van der Waals surface area contributed by atoms with Gasteiger partial charge in [0.05, 0.1) is 0 Å². The number of amides is 2. The molecule has 18 heavy (non-hydrogen) atoms. The first-order valence-electron chi connectivity index (χ1n) is 5.89. The van der Waals surface area contributed by atoms with Crippen LogP contribution in [0.2, 0.25) is 0 Å². The maximum Gasteiger partial charge on any atom is 0.244 e. The van der Waals surface area contributed by atoms with E-state index in [-0.39, 0.29) is 24.4 Å². The number of hydrogen-bond acceptors (Lipinski definition) is 2. The molecule has 0 aromatic heterocycles. The molecule has 0 unspecified atom stereocenters. The van der Waals surface area contributed by atoms with Crippen LogP contribution in [-0.4, -0.2) is 29.3 Å². The van der Waals surface area contributed by atoms with E-state index in [0.717, 1.165) is 23.0 Å². The Kier molecular flexibility index (Phi) is 4.01. The quantitative estimate of drug-likeness (QED) is 0.928. The molecule has 1 saturated carbocycles. The Labute approximate surface area is 114 Å². The molecule has 1 aliphatic carbocycles. The normalized spacial score (nSPS) is 14.1. The van der Waals surface area contributed by atoms with Crippen molar-refractivity contribution in [2.24, 2.45) is 0 Å². The van der Waals surface area contributed by atoms with E-state index in [0.29, 0.717) is 0 Å². The number of carbonyl (C=O) groups excluding carboxylic acids is 2. The average molecular weight is 311 g/mol. The van der Waals surface area contributed by atoms with Gasteiger partial charge in [0.1, 0.15) is 6.54 Å². The summed E-state index contributed by atoms with van der Waals surface area (Å²) in [5, 5.41) is 2.79. The maximum atomic E-state index is 11.9. The van der Waals surface area contributed by atoms with E-state index < -0.39 is 0 Å². The highest BCUT2D eigenvalue weighted by atomic mass is 79.9. The van der Waals surface area contributed by atoms with Crippen LogP contribution in [0.3, 0.4) is 0 Å². The molecule has 1 aromatic rings. The number of nitrogens with one attached hydrogen (secondary N) is 1. The minimum Gasteiger partial charge on any atom is -0.331 e. The van der Waals surface area contributed by atoms with E-state index in [9.17, 15) is 9.59 Å². The third-order valence-electron chi connectivity index (χ3n) is 2.81. The van der Waals surface area contributed by atoms with Gasteiger partial charge < -0.3 is 10.2 Å². The van der Waals surface area contributed by atoms with Crippen molar-refractivity contribution in [3.63, 3.8) is 0 Å². The number of rotatable bonds is 4. The molecule has 96 valence electrons. The Bertz CT molecular complexity index is 472. The van der Waals surface area contributed by atoms with Crippen molar-refractivity contribution in [1.82, 2.24) is 4.90 Å². The van der Waals surface area contributed by atoms with E-state index in [4.69, 9.17) is 0 Å². The van der Waals surface area contributed by atoms with Crippen molar-refractivity contribution in [3.05, 3.63) is 28.7 Å². The zero-order valence-electron chi connectivity index (χ0n) is 10.1. The Morgan fingerprint density at radius 1 is 1.44 bits per heavy atom. The fourth-order valence-corrected chi connectivity index (χ4v) is 2.20. The maximum absolute atomic E-state index is 11.9. The molecule has 5 heteroatoms. The second-order valence-electron chi connectivity index (χ2n) is 4.44. The summed E-state index contributed by atoms with van der Waals surface area (Å²) in [6, 6.07) is 7.64.